The van der Waals surface area contributed by atoms with Crippen LogP contribution in [0.3, 0.4) is 0 Å². The molecule has 25 heavy (non-hydrogen) atoms. The van der Waals surface area contributed by atoms with Gasteiger partial charge in [0.15, 0.2) is 0 Å². The zero-order valence-electron chi connectivity index (χ0n) is 15.3. The number of aryl methyl sites for hydroxylation is 1. The SMILES string of the molecule is Cc1nccn1CC(C)CNC(=O)N1CCC(C)CC1c1ccco1. The minimum atomic E-state index is 0.00232. The van der Waals surface area contributed by atoms with E-state index in [1.165, 1.54) is 0 Å². The van der Waals surface area contributed by atoms with Crippen LogP contribution in [0.1, 0.15) is 44.3 Å². The Balaban J connectivity index is 1.56. The first kappa shape index (κ1) is 17.6. The quantitative estimate of drug-likeness (QED) is 0.901. The summed E-state index contributed by atoms with van der Waals surface area (Å²) in [7, 11) is 0. The molecule has 3 unspecified atom stereocenters. The maximum atomic E-state index is 12.7. The van der Waals surface area contributed by atoms with Crippen LogP contribution in [0.5, 0.6) is 0 Å². The molecule has 0 spiro atoms. The first-order valence-electron chi connectivity index (χ1n) is 9.10. The van der Waals surface area contributed by atoms with E-state index in [0.29, 0.717) is 18.4 Å². The number of nitrogens with one attached hydrogen (secondary N) is 1. The van der Waals surface area contributed by atoms with E-state index in [-0.39, 0.29) is 12.1 Å². The Morgan fingerprint density at radius 1 is 1.52 bits per heavy atom. The van der Waals surface area contributed by atoms with E-state index in [0.717, 1.165) is 37.5 Å². The lowest BCUT2D eigenvalue weighted by Gasteiger charge is -2.37. The summed E-state index contributed by atoms with van der Waals surface area (Å²) in [5.74, 6) is 2.81. The lowest BCUT2D eigenvalue weighted by Crippen LogP contribution is -2.47. The van der Waals surface area contributed by atoms with E-state index in [9.17, 15) is 4.79 Å². The second-order valence-corrected chi connectivity index (χ2v) is 7.27. The maximum Gasteiger partial charge on any atom is 0.318 e. The minimum Gasteiger partial charge on any atom is -0.467 e. The van der Waals surface area contributed by atoms with Gasteiger partial charge in [0.05, 0.1) is 12.3 Å². The second-order valence-electron chi connectivity index (χ2n) is 7.27. The summed E-state index contributed by atoms with van der Waals surface area (Å²) < 4.78 is 7.69. The smallest absolute Gasteiger partial charge is 0.318 e. The molecule has 3 rings (SSSR count). The van der Waals surface area contributed by atoms with Crippen LogP contribution in [0.15, 0.2) is 35.2 Å². The Morgan fingerprint density at radius 2 is 2.36 bits per heavy atom. The van der Waals surface area contributed by atoms with Gasteiger partial charge < -0.3 is 19.2 Å². The summed E-state index contributed by atoms with van der Waals surface area (Å²) in [6, 6.07) is 3.89. The predicted molar refractivity (Wildman–Crippen MR) is 96.1 cm³/mol. The molecule has 6 nitrogen and oxygen atoms in total. The molecule has 0 saturated carbocycles. The second kappa shape index (κ2) is 7.76. The van der Waals surface area contributed by atoms with Crippen LogP contribution in [0.4, 0.5) is 4.79 Å². The molecule has 0 radical (unpaired) electrons. The number of hydrogen-bond donors (Lipinski definition) is 1. The third-order valence-corrected chi connectivity index (χ3v) is 5.03. The van der Waals surface area contributed by atoms with Gasteiger partial charge in [-0.3, -0.25) is 0 Å². The average molecular weight is 344 g/mol. The standard InChI is InChI=1S/C19H28N4O2/c1-14-6-8-23(17(11-14)18-5-4-10-25-18)19(24)21-12-15(2)13-22-9-7-20-16(22)3/h4-5,7,9-10,14-15,17H,6,8,11-13H2,1-3H3,(H,21,24). The number of nitrogens with zero attached hydrogens (tertiary/aromatic N) is 3. The number of likely N-dealkylation sites (tertiary alicyclic amines) is 1. The lowest BCUT2D eigenvalue weighted by molar-refractivity contribution is 0.119. The van der Waals surface area contributed by atoms with Gasteiger partial charge in [-0.2, -0.15) is 0 Å². The zero-order chi connectivity index (χ0) is 17.8. The van der Waals surface area contributed by atoms with Crippen LogP contribution >= 0.6 is 0 Å². The minimum absolute atomic E-state index is 0.00232. The third-order valence-electron chi connectivity index (χ3n) is 5.03. The van der Waals surface area contributed by atoms with Gasteiger partial charge in [0, 0.05) is 32.0 Å². The Kier molecular flexibility index (Phi) is 5.46. The molecule has 1 N–H and O–H groups in total. The number of aromatic nitrogens is 2. The number of furan rings is 1. The Hall–Kier alpha value is -2.24. The topological polar surface area (TPSA) is 63.3 Å². The van der Waals surface area contributed by atoms with Crippen molar-refractivity contribution in [3.8, 4) is 0 Å². The van der Waals surface area contributed by atoms with Gasteiger partial charge >= 0.3 is 6.03 Å². The molecule has 1 aliphatic heterocycles. The lowest BCUT2D eigenvalue weighted by atomic mass is 9.91. The van der Waals surface area contributed by atoms with Crippen LogP contribution in [-0.2, 0) is 6.54 Å². The summed E-state index contributed by atoms with van der Waals surface area (Å²) in [6.45, 7) is 8.64. The molecule has 1 fully saturated rings. The van der Waals surface area contributed by atoms with E-state index >= 15 is 0 Å². The van der Waals surface area contributed by atoms with Crippen LogP contribution in [0, 0.1) is 18.8 Å². The molecule has 0 aromatic carbocycles. The van der Waals surface area contributed by atoms with Gasteiger partial charge in [-0.1, -0.05) is 13.8 Å². The molecule has 3 atom stereocenters. The molecule has 2 amide bonds. The van der Waals surface area contributed by atoms with Gasteiger partial charge in [0.1, 0.15) is 11.6 Å². The summed E-state index contributed by atoms with van der Waals surface area (Å²) in [5.41, 5.74) is 0. The number of imidazole rings is 1. The van der Waals surface area contributed by atoms with Crippen molar-refractivity contribution >= 4 is 6.03 Å². The monoisotopic (exact) mass is 344 g/mol. The zero-order valence-corrected chi connectivity index (χ0v) is 15.3. The van der Waals surface area contributed by atoms with Gasteiger partial charge in [-0.25, -0.2) is 9.78 Å². The van der Waals surface area contributed by atoms with Crippen molar-refractivity contribution in [2.75, 3.05) is 13.1 Å². The molecule has 2 aromatic heterocycles. The third kappa shape index (κ3) is 4.24. The molecule has 1 saturated heterocycles. The number of urea groups is 1. The first-order chi connectivity index (χ1) is 12.0. The van der Waals surface area contributed by atoms with Crippen molar-refractivity contribution in [3.63, 3.8) is 0 Å². The number of carbonyl (C=O) groups excluding carboxylic acids is 1. The van der Waals surface area contributed by atoms with Crippen molar-refractivity contribution in [2.45, 2.75) is 46.2 Å². The fourth-order valence-corrected chi connectivity index (χ4v) is 3.50. The summed E-state index contributed by atoms with van der Waals surface area (Å²) in [4.78, 5) is 18.9. The maximum absolute atomic E-state index is 12.7. The van der Waals surface area contributed by atoms with Crippen molar-refractivity contribution in [1.82, 2.24) is 19.8 Å². The molecule has 1 aliphatic rings. The number of hydrogen-bond acceptors (Lipinski definition) is 3. The molecule has 6 heteroatoms. The highest BCUT2D eigenvalue weighted by Crippen LogP contribution is 2.34. The average Bonchev–Trinajstić information content (AvgIpc) is 3.25. The van der Waals surface area contributed by atoms with Crippen molar-refractivity contribution in [1.29, 1.82) is 0 Å². The Morgan fingerprint density at radius 3 is 3.04 bits per heavy atom. The summed E-state index contributed by atoms with van der Waals surface area (Å²) in [5, 5.41) is 3.10. The van der Waals surface area contributed by atoms with E-state index in [1.54, 1.807) is 6.26 Å². The highest BCUT2D eigenvalue weighted by atomic mass is 16.3. The van der Waals surface area contributed by atoms with Gasteiger partial charge in [0.2, 0.25) is 0 Å². The van der Waals surface area contributed by atoms with Crippen LogP contribution in [-0.4, -0.2) is 33.6 Å². The fraction of sp³-hybridized carbons (Fsp3) is 0.579. The summed E-state index contributed by atoms with van der Waals surface area (Å²) >= 11 is 0. The highest BCUT2D eigenvalue weighted by Gasteiger charge is 2.32. The number of rotatable bonds is 5. The van der Waals surface area contributed by atoms with Crippen molar-refractivity contribution in [3.05, 3.63) is 42.4 Å². The molecular weight excluding hydrogens is 316 g/mol. The largest absolute Gasteiger partial charge is 0.467 e. The molecule has 3 heterocycles. The van der Waals surface area contributed by atoms with Gasteiger partial charge in [0.25, 0.3) is 0 Å². The van der Waals surface area contributed by atoms with E-state index in [4.69, 9.17) is 4.42 Å². The molecule has 136 valence electrons. The van der Waals surface area contributed by atoms with E-state index in [2.05, 4.69) is 28.7 Å². The van der Waals surface area contributed by atoms with Gasteiger partial charge in [-0.15, -0.1) is 0 Å². The highest BCUT2D eigenvalue weighted by molar-refractivity contribution is 5.74. The number of carbonyl (C=O) groups is 1. The van der Waals surface area contributed by atoms with Crippen LogP contribution in [0.25, 0.3) is 0 Å². The van der Waals surface area contributed by atoms with Crippen molar-refractivity contribution in [2.24, 2.45) is 11.8 Å². The predicted octanol–water partition coefficient (Wildman–Crippen LogP) is 3.60. The van der Waals surface area contributed by atoms with E-state index in [1.807, 2.05) is 36.4 Å². The molecule has 2 aromatic rings. The van der Waals surface area contributed by atoms with Crippen LogP contribution < -0.4 is 5.32 Å². The Bertz CT molecular complexity index is 679. The molecule has 0 aliphatic carbocycles. The number of piperidine rings is 1. The fourth-order valence-electron chi connectivity index (χ4n) is 3.50. The molecular formula is C19H28N4O2. The normalized spacial score (nSPS) is 22.0. The van der Waals surface area contributed by atoms with Crippen molar-refractivity contribution < 1.29 is 9.21 Å². The molecule has 0 bridgehead atoms. The van der Waals surface area contributed by atoms with E-state index < -0.39 is 0 Å². The summed E-state index contributed by atoms with van der Waals surface area (Å²) in [6.07, 6.45) is 7.45. The van der Waals surface area contributed by atoms with Crippen LogP contribution in [0.2, 0.25) is 0 Å². The van der Waals surface area contributed by atoms with Gasteiger partial charge in [-0.05, 0) is 43.7 Å². The first-order valence-corrected chi connectivity index (χ1v) is 9.10. The number of amides is 2. The Labute approximate surface area is 149 Å².